The Morgan fingerprint density at radius 3 is 2.50 bits per heavy atom. The predicted molar refractivity (Wildman–Crippen MR) is 59.9 cm³/mol. The SMILES string of the molecule is Cc1cccc(-c2cc[c]cc2)c1N. The van der Waals surface area contributed by atoms with Crippen LogP contribution in [0.2, 0.25) is 0 Å². The van der Waals surface area contributed by atoms with Crippen LogP contribution in [0.3, 0.4) is 0 Å². The zero-order chi connectivity index (χ0) is 9.97. The first-order valence-corrected chi connectivity index (χ1v) is 4.60. The number of benzene rings is 2. The topological polar surface area (TPSA) is 26.0 Å². The second-order valence-electron chi connectivity index (χ2n) is 3.32. The van der Waals surface area contributed by atoms with E-state index in [1.165, 1.54) is 0 Å². The van der Waals surface area contributed by atoms with Crippen LogP contribution in [0.4, 0.5) is 5.69 Å². The molecule has 2 aromatic carbocycles. The summed E-state index contributed by atoms with van der Waals surface area (Å²) in [5, 5.41) is 0. The van der Waals surface area contributed by atoms with Crippen molar-refractivity contribution in [3.8, 4) is 11.1 Å². The Hall–Kier alpha value is -1.76. The van der Waals surface area contributed by atoms with E-state index < -0.39 is 0 Å². The number of para-hydroxylation sites is 1. The van der Waals surface area contributed by atoms with Gasteiger partial charge in [-0.15, -0.1) is 0 Å². The summed E-state index contributed by atoms with van der Waals surface area (Å²) in [4.78, 5) is 0. The highest BCUT2D eigenvalue weighted by molar-refractivity contribution is 5.78. The summed E-state index contributed by atoms with van der Waals surface area (Å²) in [6.45, 7) is 2.02. The Balaban J connectivity index is 2.58. The smallest absolute Gasteiger partial charge is 0.0423 e. The summed E-state index contributed by atoms with van der Waals surface area (Å²) in [6, 6.07) is 16.9. The van der Waals surface area contributed by atoms with E-state index in [1.54, 1.807) is 0 Å². The molecule has 0 saturated carbocycles. The third kappa shape index (κ3) is 1.49. The van der Waals surface area contributed by atoms with Crippen LogP contribution >= 0.6 is 0 Å². The van der Waals surface area contributed by atoms with Crippen molar-refractivity contribution >= 4 is 5.69 Å². The van der Waals surface area contributed by atoms with Crippen molar-refractivity contribution in [3.63, 3.8) is 0 Å². The van der Waals surface area contributed by atoms with Crippen molar-refractivity contribution in [2.24, 2.45) is 0 Å². The summed E-state index contributed by atoms with van der Waals surface area (Å²) in [6.07, 6.45) is 0. The average Bonchev–Trinajstić information content (AvgIpc) is 2.23. The molecule has 0 atom stereocenters. The van der Waals surface area contributed by atoms with Gasteiger partial charge in [-0.2, -0.15) is 0 Å². The number of hydrogen-bond acceptors (Lipinski definition) is 1. The third-order valence-corrected chi connectivity index (χ3v) is 2.35. The van der Waals surface area contributed by atoms with Crippen LogP contribution in [0.25, 0.3) is 11.1 Å². The minimum Gasteiger partial charge on any atom is -0.398 e. The van der Waals surface area contributed by atoms with E-state index in [0.717, 1.165) is 22.4 Å². The number of nitrogens with two attached hydrogens (primary N) is 1. The number of rotatable bonds is 1. The van der Waals surface area contributed by atoms with Crippen molar-refractivity contribution in [2.75, 3.05) is 5.73 Å². The van der Waals surface area contributed by atoms with Gasteiger partial charge in [0, 0.05) is 11.3 Å². The molecule has 0 fully saturated rings. The molecule has 1 nitrogen and oxygen atoms in total. The van der Waals surface area contributed by atoms with Crippen molar-refractivity contribution in [2.45, 2.75) is 6.92 Å². The van der Waals surface area contributed by atoms with Gasteiger partial charge in [0.1, 0.15) is 0 Å². The van der Waals surface area contributed by atoms with Gasteiger partial charge < -0.3 is 5.73 Å². The summed E-state index contributed by atoms with van der Waals surface area (Å²) >= 11 is 0. The van der Waals surface area contributed by atoms with E-state index in [1.807, 2.05) is 49.4 Å². The zero-order valence-electron chi connectivity index (χ0n) is 8.12. The van der Waals surface area contributed by atoms with Gasteiger partial charge in [0.15, 0.2) is 0 Å². The lowest BCUT2D eigenvalue weighted by Crippen LogP contribution is -1.92. The van der Waals surface area contributed by atoms with Crippen LogP contribution in [0.5, 0.6) is 0 Å². The average molecular weight is 182 g/mol. The molecule has 0 aromatic heterocycles. The number of aryl methyl sites for hydroxylation is 1. The minimum absolute atomic E-state index is 0.860. The highest BCUT2D eigenvalue weighted by Crippen LogP contribution is 2.27. The Labute approximate surface area is 84.2 Å². The second-order valence-corrected chi connectivity index (χ2v) is 3.32. The number of hydrogen-bond donors (Lipinski definition) is 1. The fourth-order valence-corrected chi connectivity index (χ4v) is 1.50. The maximum Gasteiger partial charge on any atom is 0.0423 e. The molecule has 2 aromatic rings. The third-order valence-electron chi connectivity index (χ3n) is 2.35. The van der Waals surface area contributed by atoms with Crippen molar-refractivity contribution in [1.29, 1.82) is 0 Å². The van der Waals surface area contributed by atoms with Crippen LogP contribution < -0.4 is 5.73 Å². The monoisotopic (exact) mass is 182 g/mol. The van der Waals surface area contributed by atoms with Crippen LogP contribution in [-0.4, -0.2) is 0 Å². The minimum atomic E-state index is 0.860. The van der Waals surface area contributed by atoms with Crippen LogP contribution in [0.1, 0.15) is 5.56 Å². The number of anilines is 1. The van der Waals surface area contributed by atoms with Gasteiger partial charge in [-0.3, -0.25) is 0 Å². The maximum absolute atomic E-state index is 6.00. The lowest BCUT2D eigenvalue weighted by atomic mass is 10.0. The van der Waals surface area contributed by atoms with Crippen molar-refractivity contribution in [3.05, 3.63) is 54.1 Å². The Morgan fingerprint density at radius 2 is 1.79 bits per heavy atom. The van der Waals surface area contributed by atoms with Gasteiger partial charge in [-0.1, -0.05) is 42.5 Å². The molecule has 1 radical (unpaired) electrons. The van der Waals surface area contributed by atoms with Crippen LogP contribution in [-0.2, 0) is 0 Å². The Bertz CT molecular complexity index is 432. The van der Waals surface area contributed by atoms with E-state index in [0.29, 0.717) is 0 Å². The fourth-order valence-electron chi connectivity index (χ4n) is 1.50. The first-order valence-electron chi connectivity index (χ1n) is 4.60. The van der Waals surface area contributed by atoms with E-state index in [9.17, 15) is 0 Å². The van der Waals surface area contributed by atoms with Gasteiger partial charge in [-0.25, -0.2) is 0 Å². The van der Waals surface area contributed by atoms with E-state index in [-0.39, 0.29) is 0 Å². The lowest BCUT2D eigenvalue weighted by molar-refractivity contribution is 1.46. The van der Waals surface area contributed by atoms with Crippen molar-refractivity contribution < 1.29 is 0 Å². The molecule has 0 unspecified atom stereocenters. The maximum atomic E-state index is 6.00. The highest BCUT2D eigenvalue weighted by atomic mass is 14.6. The second kappa shape index (κ2) is 3.54. The molecule has 0 bridgehead atoms. The molecular formula is C13H12N. The molecule has 0 spiro atoms. The normalized spacial score (nSPS) is 10.1. The molecule has 14 heavy (non-hydrogen) atoms. The molecular weight excluding hydrogens is 170 g/mol. The Kier molecular flexibility index (Phi) is 2.23. The van der Waals surface area contributed by atoms with Gasteiger partial charge >= 0.3 is 0 Å². The molecule has 0 aliphatic heterocycles. The van der Waals surface area contributed by atoms with Gasteiger partial charge in [-0.05, 0) is 24.1 Å². The largest absolute Gasteiger partial charge is 0.398 e. The molecule has 0 amide bonds. The van der Waals surface area contributed by atoms with Crippen molar-refractivity contribution in [1.82, 2.24) is 0 Å². The molecule has 0 aliphatic rings. The first kappa shape index (κ1) is 8.82. The molecule has 69 valence electrons. The standard InChI is InChI=1S/C13H12N/c1-10-6-5-9-12(13(10)14)11-7-3-2-4-8-11/h3-9H,14H2,1H3. The molecule has 0 saturated heterocycles. The highest BCUT2D eigenvalue weighted by Gasteiger charge is 2.02. The van der Waals surface area contributed by atoms with Gasteiger partial charge in [0.25, 0.3) is 0 Å². The summed E-state index contributed by atoms with van der Waals surface area (Å²) < 4.78 is 0. The molecule has 0 aliphatic carbocycles. The van der Waals surface area contributed by atoms with E-state index >= 15 is 0 Å². The lowest BCUT2D eigenvalue weighted by Gasteiger charge is -2.07. The molecule has 2 rings (SSSR count). The Morgan fingerprint density at radius 1 is 1.07 bits per heavy atom. The fraction of sp³-hybridized carbons (Fsp3) is 0.0769. The quantitative estimate of drug-likeness (QED) is 0.674. The molecule has 2 N–H and O–H groups in total. The molecule has 1 heteroatoms. The van der Waals surface area contributed by atoms with E-state index in [4.69, 9.17) is 5.73 Å². The van der Waals surface area contributed by atoms with E-state index in [2.05, 4.69) is 6.07 Å². The zero-order valence-corrected chi connectivity index (χ0v) is 8.12. The van der Waals surface area contributed by atoms with Gasteiger partial charge in [0.2, 0.25) is 0 Å². The molecule has 0 heterocycles. The number of nitrogen functional groups attached to an aromatic ring is 1. The van der Waals surface area contributed by atoms with Crippen LogP contribution in [0.15, 0.2) is 42.5 Å². The van der Waals surface area contributed by atoms with Gasteiger partial charge in [0.05, 0.1) is 0 Å². The predicted octanol–water partition coefficient (Wildman–Crippen LogP) is 3.04. The van der Waals surface area contributed by atoms with Crippen LogP contribution in [0, 0.1) is 13.0 Å². The first-order chi connectivity index (χ1) is 6.79. The summed E-state index contributed by atoms with van der Waals surface area (Å²) in [5.74, 6) is 0. The summed E-state index contributed by atoms with van der Waals surface area (Å²) in [7, 11) is 0. The summed E-state index contributed by atoms with van der Waals surface area (Å²) in [5.41, 5.74) is 10.2.